The van der Waals surface area contributed by atoms with Gasteiger partial charge in [-0.1, -0.05) is 34.1 Å². The third-order valence-corrected chi connectivity index (χ3v) is 4.08. The number of hydrogen-bond acceptors (Lipinski definition) is 1. The van der Waals surface area contributed by atoms with Crippen LogP contribution in [0.1, 0.15) is 28.4 Å². The van der Waals surface area contributed by atoms with Gasteiger partial charge in [0.2, 0.25) is 0 Å². The molecule has 1 N–H and O–H groups in total. The van der Waals surface area contributed by atoms with Crippen molar-refractivity contribution in [2.75, 3.05) is 0 Å². The first-order chi connectivity index (χ1) is 8.97. The van der Waals surface area contributed by atoms with Gasteiger partial charge in [-0.25, -0.2) is 4.39 Å². The summed E-state index contributed by atoms with van der Waals surface area (Å²) < 4.78 is 14.2. The zero-order valence-electron chi connectivity index (χ0n) is 11.0. The molecule has 100 valence electrons. The number of aliphatic hydroxyl groups excluding tert-OH is 1. The molecule has 2 aromatic rings. The molecule has 3 heteroatoms. The first-order valence-corrected chi connectivity index (χ1v) is 6.96. The molecule has 0 amide bonds. The van der Waals surface area contributed by atoms with Crippen molar-refractivity contribution in [2.24, 2.45) is 0 Å². The lowest BCUT2D eigenvalue weighted by molar-refractivity contribution is 0.177. The second-order valence-electron chi connectivity index (χ2n) is 4.81. The molecular formula is C16H16BrFO. The van der Waals surface area contributed by atoms with Crippen LogP contribution in [-0.4, -0.2) is 5.11 Å². The minimum atomic E-state index is -0.617. The van der Waals surface area contributed by atoms with Gasteiger partial charge >= 0.3 is 0 Å². The molecule has 2 rings (SSSR count). The minimum absolute atomic E-state index is 0.270. The van der Waals surface area contributed by atoms with Gasteiger partial charge in [0.15, 0.2) is 0 Å². The van der Waals surface area contributed by atoms with E-state index in [9.17, 15) is 9.50 Å². The van der Waals surface area contributed by atoms with E-state index in [1.54, 1.807) is 6.07 Å². The van der Waals surface area contributed by atoms with E-state index in [4.69, 9.17) is 0 Å². The molecule has 2 aromatic carbocycles. The molecule has 0 aliphatic carbocycles. The van der Waals surface area contributed by atoms with Crippen molar-refractivity contribution in [1.82, 2.24) is 0 Å². The second kappa shape index (κ2) is 5.85. The Balaban J connectivity index is 2.25. The fraction of sp³-hybridized carbons (Fsp3) is 0.250. The Hall–Kier alpha value is -1.19. The van der Waals surface area contributed by atoms with E-state index in [0.29, 0.717) is 6.42 Å². The highest BCUT2D eigenvalue weighted by Gasteiger charge is 2.13. The number of aliphatic hydroxyl groups is 1. The summed E-state index contributed by atoms with van der Waals surface area (Å²) in [4.78, 5) is 0. The van der Waals surface area contributed by atoms with Crippen LogP contribution in [0.4, 0.5) is 4.39 Å². The van der Waals surface area contributed by atoms with E-state index < -0.39 is 6.10 Å². The molecular weight excluding hydrogens is 307 g/mol. The first kappa shape index (κ1) is 14.2. The summed E-state index contributed by atoms with van der Waals surface area (Å²) in [6.45, 7) is 3.95. The van der Waals surface area contributed by atoms with Crippen LogP contribution in [0.5, 0.6) is 0 Å². The van der Waals surface area contributed by atoms with E-state index in [1.807, 2.05) is 32.0 Å². The van der Waals surface area contributed by atoms with Crippen LogP contribution in [0.25, 0.3) is 0 Å². The maximum atomic E-state index is 13.1. The maximum absolute atomic E-state index is 13.1. The smallest absolute Gasteiger partial charge is 0.123 e. The summed E-state index contributed by atoms with van der Waals surface area (Å²) in [5, 5.41) is 10.3. The van der Waals surface area contributed by atoms with Crippen molar-refractivity contribution in [3.8, 4) is 0 Å². The van der Waals surface area contributed by atoms with Gasteiger partial charge in [-0.05, 0) is 54.3 Å². The van der Waals surface area contributed by atoms with Crippen LogP contribution in [0, 0.1) is 19.7 Å². The standard InChI is InChI=1S/C16H16BrFO/c1-10-7-15(17)11(2)6-14(10)16(19)9-12-4-3-5-13(18)8-12/h3-8,16,19H,9H2,1-2H3. The average molecular weight is 323 g/mol. The first-order valence-electron chi connectivity index (χ1n) is 6.16. The monoisotopic (exact) mass is 322 g/mol. The lowest BCUT2D eigenvalue weighted by atomic mass is 9.96. The Labute approximate surface area is 121 Å². The van der Waals surface area contributed by atoms with Crippen molar-refractivity contribution >= 4 is 15.9 Å². The van der Waals surface area contributed by atoms with E-state index >= 15 is 0 Å². The molecule has 1 nitrogen and oxygen atoms in total. The SMILES string of the molecule is Cc1cc(C(O)Cc2cccc(F)c2)c(C)cc1Br. The van der Waals surface area contributed by atoms with Gasteiger partial charge in [-0.3, -0.25) is 0 Å². The normalized spacial score (nSPS) is 12.5. The molecule has 0 aromatic heterocycles. The van der Waals surface area contributed by atoms with Crippen molar-refractivity contribution < 1.29 is 9.50 Å². The van der Waals surface area contributed by atoms with Crippen molar-refractivity contribution in [1.29, 1.82) is 0 Å². The van der Waals surface area contributed by atoms with Gasteiger partial charge in [0.05, 0.1) is 6.10 Å². The molecule has 19 heavy (non-hydrogen) atoms. The van der Waals surface area contributed by atoms with E-state index in [-0.39, 0.29) is 5.82 Å². The molecule has 0 bridgehead atoms. The summed E-state index contributed by atoms with van der Waals surface area (Å²) in [6, 6.07) is 10.3. The van der Waals surface area contributed by atoms with Gasteiger partial charge in [0.25, 0.3) is 0 Å². The fourth-order valence-corrected chi connectivity index (χ4v) is 2.62. The second-order valence-corrected chi connectivity index (χ2v) is 5.66. The number of aryl methyl sites for hydroxylation is 2. The molecule has 1 unspecified atom stereocenters. The quantitative estimate of drug-likeness (QED) is 0.883. The third kappa shape index (κ3) is 3.43. The average Bonchev–Trinajstić information content (AvgIpc) is 2.33. The predicted octanol–water partition coefficient (Wildman–Crippen LogP) is 4.48. The predicted molar refractivity (Wildman–Crippen MR) is 78.7 cm³/mol. The van der Waals surface area contributed by atoms with Crippen LogP contribution in [0.3, 0.4) is 0 Å². The zero-order valence-corrected chi connectivity index (χ0v) is 12.5. The largest absolute Gasteiger partial charge is 0.388 e. The van der Waals surface area contributed by atoms with Crippen molar-refractivity contribution in [2.45, 2.75) is 26.4 Å². The number of halogens is 2. The van der Waals surface area contributed by atoms with E-state index in [0.717, 1.165) is 26.7 Å². The van der Waals surface area contributed by atoms with Crippen molar-refractivity contribution in [3.05, 3.63) is 68.9 Å². The Kier molecular flexibility index (Phi) is 4.38. The number of benzene rings is 2. The van der Waals surface area contributed by atoms with E-state index in [1.165, 1.54) is 12.1 Å². The third-order valence-electron chi connectivity index (χ3n) is 3.22. The summed E-state index contributed by atoms with van der Waals surface area (Å²) in [7, 11) is 0. The molecule has 0 aliphatic heterocycles. The van der Waals surface area contributed by atoms with Gasteiger partial charge < -0.3 is 5.11 Å². The van der Waals surface area contributed by atoms with Gasteiger partial charge in [-0.15, -0.1) is 0 Å². The minimum Gasteiger partial charge on any atom is -0.388 e. The van der Waals surface area contributed by atoms with E-state index in [2.05, 4.69) is 15.9 Å². The molecule has 1 atom stereocenters. The Morgan fingerprint density at radius 3 is 2.58 bits per heavy atom. The van der Waals surface area contributed by atoms with Crippen LogP contribution >= 0.6 is 15.9 Å². The molecule has 0 saturated carbocycles. The van der Waals surface area contributed by atoms with Gasteiger partial charge in [0.1, 0.15) is 5.82 Å². The lowest BCUT2D eigenvalue weighted by Gasteiger charge is -2.15. The summed E-state index contributed by atoms with van der Waals surface area (Å²) in [6.07, 6.45) is -0.201. The van der Waals surface area contributed by atoms with Crippen LogP contribution < -0.4 is 0 Å². The highest BCUT2D eigenvalue weighted by atomic mass is 79.9. The van der Waals surface area contributed by atoms with Gasteiger partial charge in [-0.2, -0.15) is 0 Å². The molecule has 0 aliphatic rings. The molecule has 0 spiro atoms. The summed E-state index contributed by atoms with van der Waals surface area (Å²) in [5.74, 6) is -0.270. The topological polar surface area (TPSA) is 20.2 Å². The number of hydrogen-bond donors (Lipinski definition) is 1. The van der Waals surface area contributed by atoms with Gasteiger partial charge in [0, 0.05) is 10.9 Å². The number of rotatable bonds is 3. The Morgan fingerprint density at radius 1 is 1.16 bits per heavy atom. The molecule has 0 saturated heterocycles. The highest BCUT2D eigenvalue weighted by Crippen LogP contribution is 2.27. The molecule has 0 radical (unpaired) electrons. The van der Waals surface area contributed by atoms with Crippen LogP contribution in [0.15, 0.2) is 40.9 Å². The highest BCUT2D eigenvalue weighted by molar-refractivity contribution is 9.10. The summed E-state index contributed by atoms with van der Waals surface area (Å²) >= 11 is 3.47. The maximum Gasteiger partial charge on any atom is 0.123 e. The zero-order chi connectivity index (χ0) is 14.0. The Bertz CT molecular complexity index is 595. The lowest BCUT2D eigenvalue weighted by Crippen LogP contribution is -2.05. The fourth-order valence-electron chi connectivity index (χ4n) is 2.16. The van der Waals surface area contributed by atoms with Crippen LogP contribution in [0.2, 0.25) is 0 Å². The molecule has 0 heterocycles. The summed E-state index contributed by atoms with van der Waals surface area (Å²) in [5.41, 5.74) is 3.80. The van der Waals surface area contributed by atoms with Crippen molar-refractivity contribution in [3.63, 3.8) is 0 Å². The Morgan fingerprint density at radius 2 is 1.89 bits per heavy atom. The molecule has 0 fully saturated rings. The van der Waals surface area contributed by atoms with Crippen LogP contribution in [-0.2, 0) is 6.42 Å².